The van der Waals surface area contributed by atoms with Crippen LogP contribution >= 0.6 is 0 Å². The Morgan fingerprint density at radius 1 is 1.06 bits per heavy atom. The fourth-order valence-electron chi connectivity index (χ4n) is 5.09. The second kappa shape index (κ2) is 9.68. The molecule has 2 bridgehead atoms. The van der Waals surface area contributed by atoms with Gasteiger partial charge in [-0.2, -0.15) is 0 Å². The van der Waals surface area contributed by atoms with Crippen molar-refractivity contribution in [1.82, 2.24) is 10.3 Å². The summed E-state index contributed by atoms with van der Waals surface area (Å²) < 4.78 is 0. The molecule has 2 amide bonds. The zero-order valence-corrected chi connectivity index (χ0v) is 20.9. The van der Waals surface area contributed by atoms with Gasteiger partial charge in [0.1, 0.15) is 5.82 Å². The third-order valence-electron chi connectivity index (χ3n) is 6.84. The Balaban J connectivity index is 1.44. The number of benzene rings is 1. The van der Waals surface area contributed by atoms with Gasteiger partial charge in [0, 0.05) is 47.7 Å². The van der Waals surface area contributed by atoms with Crippen LogP contribution in [0.2, 0.25) is 0 Å². The number of nitrogens with zero attached hydrogens (tertiary/aromatic N) is 2. The maximum atomic E-state index is 13.1. The highest BCUT2D eigenvalue weighted by Crippen LogP contribution is 2.38. The minimum Gasteiger partial charge on any atom is -0.384 e. The quantitative estimate of drug-likeness (QED) is 0.523. The fraction of sp³-hybridized carbons (Fsp3) is 0.481. The minimum absolute atomic E-state index is 0.00166. The molecular weight excluding hydrogens is 442 g/mol. The van der Waals surface area contributed by atoms with Crippen LogP contribution in [-0.4, -0.2) is 47.3 Å². The molecule has 0 saturated carbocycles. The Hall–Kier alpha value is -3.42. The summed E-state index contributed by atoms with van der Waals surface area (Å²) in [6.07, 6.45) is 5.44. The number of carbonyl (C=O) groups excluding carboxylic acids is 3. The number of ketones is 1. The van der Waals surface area contributed by atoms with Gasteiger partial charge in [0.2, 0.25) is 0 Å². The fourth-order valence-corrected chi connectivity index (χ4v) is 5.09. The smallest absolute Gasteiger partial charge is 0.251 e. The highest BCUT2D eigenvalue weighted by atomic mass is 16.2. The molecule has 2 fully saturated rings. The van der Waals surface area contributed by atoms with Gasteiger partial charge < -0.3 is 21.3 Å². The standard InChI is InChI=1S/C27H35N5O3/c1-16(33)18-6-10-24(29-14-18)32-20-7-8-21(32)13-19(12-20)31-26(35)17-5-9-22(25(28)34)23(11-17)30-15-27(2,3)4/h5-6,9-11,14,19-21,30H,7-8,12-13,15H2,1-4H3,(H2,28,34)(H,31,35)/t19?,20-,21+. The van der Waals surface area contributed by atoms with E-state index in [0.29, 0.717) is 41.0 Å². The highest BCUT2D eigenvalue weighted by Gasteiger charge is 2.41. The van der Waals surface area contributed by atoms with Crippen molar-refractivity contribution in [2.75, 3.05) is 16.8 Å². The maximum Gasteiger partial charge on any atom is 0.251 e. The first-order chi connectivity index (χ1) is 16.5. The van der Waals surface area contributed by atoms with Crippen LogP contribution in [0, 0.1) is 5.41 Å². The molecule has 2 aliphatic heterocycles. The van der Waals surface area contributed by atoms with E-state index in [0.717, 1.165) is 31.5 Å². The number of hydrogen-bond donors (Lipinski definition) is 3. The van der Waals surface area contributed by atoms with E-state index in [1.807, 2.05) is 12.1 Å². The number of amides is 2. The molecule has 2 aromatic rings. The van der Waals surface area contributed by atoms with E-state index in [-0.39, 0.29) is 23.1 Å². The summed E-state index contributed by atoms with van der Waals surface area (Å²) in [5.74, 6) is 0.224. The van der Waals surface area contributed by atoms with Gasteiger partial charge in [0.15, 0.2) is 5.78 Å². The molecule has 1 aromatic carbocycles. The van der Waals surface area contributed by atoms with Crippen LogP contribution in [0.5, 0.6) is 0 Å². The molecule has 4 N–H and O–H groups in total. The number of Topliss-reactive ketones (excluding diaryl/α,β-unsaturated/α-hetero) is 1. The van der Waals surface area contributed by atoms with Gasteiger partial charge >= 0.3 is 0 Å². The van der Waals surface area contributed by atoms with E-state index < -0.39 is 5.91 Å². The Morgan fingerprint density at radius 3 is 2.26 bits per heavy atom. The van der Waals surface area contributed by atoms with E-state index in [4.69, 9.17) is 5.73 Å². The number of fused-ring (bicyclic) bond motifs is 2. The topological polar surface area (TPSA) is 117 Å². The molecule has 3 heterocycles. The first-order valence-electron chi connectivity index (χ1n) is 12.3. The van der Waals surface area contributed by atoms with E-state index in [1.165, 1.54) is 0 Å². The third kappa shape index (κ3) is 5.63. The molecule has 4 rings (SSSR count). The number of carbonyl (C=O) groups is 3. The summed E-state index contributed by atoms with van der Waals surface area (Å²) in [6.45, 7) is 8.46. The predicted molar refractivity (Wildman–Crippen MR) is 137 cm³/mol. The third-order valence-corrected chi connectivity index (χ3v) is 6.84. The number of aromatic nitrogens is 1. The number of hydrogen-bond acceptors (Lipinski definition) is 6. The maximum absolute atomic E-state index is 13.1. The Labute approximate surface area is 206 Å². The van der Waals surface area contributed by atoms with Gasteiger partial charge in [-0.15, -0.1) is 0 Å². The van der Waals surface area contributed by atoms with Crippen molar-refractivity contribution >= 4 is 29.1 Å². The molecule has 2 saturated heterocycles. The zero-order chi connectivity index (χ0) is 25.3. The first-order valence-corrected chi connectivity index (χ1v) is 12.3. The lowest BCUT2D eigenvalue weighted by atomic mass is 9.96. The van der Waals surface area contributed by atoms with Crippen LogP contribution < -0.4 is 21.3 Å². The highest BCUT2D eigenvalue weighted by molar-refractivity contribution is 6.02. The minimum atomic E-state index is -0.526. The van der Waals surface area contributed by atoms with Crippen molar-refractivity contribution in [2.24, 2.45) is 11.1 Å². The van der Waals surface area contributed by atoms with Crippen molar-refractivity contribution in [3.8, 4) is 0 Å². The molecule has 8 nitrogen and oxygen atoms in total. The molecular formula is C27H35N5O3. The van der Waals surface area contributed by atoms with Crippen LogP contribution in [-0.2, 0) is 0 Å². The average Bonchev–Trinajstić information content (AvgIpc) is 3.07. The Kier molecular flexibility index (Phi) is 6.83. The lowest BCUT2D eigenvalue weighted by Gasteiger charge is -2.40. The van der Waals surface area contributed by atoms with E-state index in [9.17, 15) is 14.4 Å². The molecule has 3 atom stereocenters. The van der Waals surface area contributed by atoms with E-state index in [2.05, 4.69) is 41.3 Å². The van der Waals surface area contributed by atoms with Crippen LogP contribution in [0.1, 0.15) is 84.5 Å². The van der Waals surface area contributed by atoms with Gasteiger partial charge in [-0.1, -0.05) is 20.8 Å². The van der Waals surface area contributed by atoms with Gasteiger partial charge in [-0.25, -0.2) is 4.98 Å². The van der Waals surface area contributed by atoms with Gasteiger partial charge in [0.25, 0.3) is 11.8 Å². The van der Waals surface area contributed by atoms with Crippen LogP contribution in [0.15, 0.2) is 36.5 Å². The van der Waals surface area contributed by atoms with Crippen molar-refractivity contribution in [1.29, 1.82) is 0 Å². The van der Waals surface area contributed by atoms with Crippen LogP contribution in [0.4, 0.5) is 11.5 Å². The predicted octanol–water partition coefficient (Wildman–Crippen LogP) is 3.77. The number of anilines is 2. The lowest BCUT2D eigenvalue weighted by Crippen LogP contribution is -2.50. The summed E-state index contributed by atoms with van der Waals surface area (Å²) in [5.41, 5.74) is 7.62. The molecule has 0 spiro atoms. The SMILES string of the molecule is CC(=O)c1ccc(N2[C@@H]3CC[C@H]2CC(NC(=O)c2ccc(C(N)=O)c(NCC(C)(C)C)c2)C3)nc1. The molecule has 2 aliphatic rings. The number of piperidine rings is 1. The van der Waals surface area contributed by atoms with Crippen molar-refractivity contribution < 1.29 is 14.4 Å². The Morgan fingerprint density at radius 2 is 1.71 bits per heavy atom. The summed E-state index contributed by atoms with van der Waals surface area (Å²) in [4.78, 5) is 43.5. The first kappa shape index (κ1) is 24.7. The number of pyridine rings is 1. The summed E-state index contributed by atoms with van der Waals surface area (Å²) in [6, 6.07) is 9.41. The van der Waals surface area contributed by atoms with Gasteiger partial charge in [0.05, 0.1) is 5.56 Å². The van der Waals surface area contributed by atoms with E-state index >= 15 is 0 Å². The summed E-state index contributed by atoms with van der Waals surface area (Å²) in [7, 11) is 0. The monoisotopic (exact) mass is 477 g/mol. The normalized spacial score (nSPS) is 21.5. The molecule has 35 heavy (non-hydrogen) atoms. The number of nitrogens with one attached hydrogen (secondary N) is 2. The molecule has 1 aromatic heterocycles. The second-order valence-electron chi connectivity index (χ2n) is 10.9. The summed E-state index contributed by atoms with van der Waals surface area (Å²) >= 11 is 0. The lowest BCUT2D eigenvalue weighted by molar-refractivity contribution is 0.0924. The molecule has 1 unspecified atom stereocenters. The van der Waals surface area contributed by atoms with Crippen LogP contribution in [0.25, 0.3) is 0 Å². The molecule has 186 valence electrons. The van der Waals surface area contributed by atoms with Crippen LogP contribution in [0.3, 0.4) is 0 Å². The molecule has 0 aliphatic carbocycles. The van der Waals surface area contributed by atoms with Gasteiger partial charge in [-0.05, 0) is 68.4 Å². The van der Waals surface area contributed by atoms with E-state index in [1.54, 1.807) is 31.3 Å². The Bertz CT molecular complexity index is 1110. The largest absolute Gasteiger partial charge is 0.384 e. The van der Waals surface area contributed by atoms with Crippen molar-refractivity contribution in [3.63, 3.8) is 0 Å². The number of rotatable bonds is 7. The second-order valence-corrected chi connectivity index (χ2v) is 10.9. The molecule has 8 heteroatoms. The zero-order valence-electron chi connectivity index (χ0n) is 20.9. The number of nitrogens with two attached hydrogens (primary N) is 1. The summed E-state index contributed by atoms with van der Waals surface area (Å²) in [5, 5.41) is 6.48. The average molecular weight is 478 g/mol. The number of primary amides is 1. The van der Waals surface area contributed by atoms with Crippen molar-refractivity contribution in [2.45, 2.75) is 71.5 Å². The molecule has 0 radical (unpaired) electrons. The van der Waals surface area contributed by atoms with Gasteiger partial charge in [-0.3, -0.25) is 14.4 Å². The van der Waals surface area contributed by atoms with Crippen molar-refractivity contribution in [3.05, 3.63) is 53.2 Å².